The van der Waals surface area contributed by atoms with Gasteiger partial charge >= 0.3 is 0 Å². The molecule has 2 atom stereocenters. The summed E-state index contributed by atoms with van der Waals surface area (Å²) in [4.78, 5) is 0. The van der Waals surface area contributed by atoms with E-state index in [2.05, 4.69) is 29.4 Å². The molecule has 0 aromatic carbocycles. The lowest BCUT2D eigenvalue weighted by Gasteiger charge is -2.54. The van der Waals surface area contributed by atoms with Gasteiger partial charge in [0.25, 0.3) is 0 Å². The van der Waals surface area contributed by atoms with Gasteiger partial charge < -0.3 is 10.1 Å². The Hall–Kier alpha value is -0.870. The molecule has 0 unspecified atom stereocenters. The number of aromatic nitrogens is 2. The third-order valence-electron chi connectivity index (χ3n) is 5.16. The van der Waals surface area contributed by atoms with E-state index >= 15 is 0 Å². The van der Waals surface area contributed by atoms with Crippen LogP contribution in [-0.2, 0) is 11.3 Å². The van der Waals surface area contributed by atoms with E-state index in [0.29, 0.717) is 17.6 Å². The summed E-state index contributed by atoms with van der Waals surface area (Å²) in [5, 5.41) is 10.8. The summed E-state index contributed by atoms with van der Waals surface area (Å²) in [5.41, 5.74) is 2.88. The zero-order valence-electron chi connectivity index (χ0n) is 12.0. The van der Waals surface area contributed by atoms with Crippen molar-refractivity contribution in [3.63, 3.8) is 0 Å². The summed E-state index contributed by atoms with van der Waals surface area (Å²) in [5.74, 6) is 0. The van der Waals surface area contributed by atoms with E-state index in [1.165, 1.54) is 43.4 Å². The van der Waals surface area contributed by atoms with Crippen LogP contribution < -0.4 is 5.32 Å². The predicted octanol–water partition coefficient (Wildman–Crippen LogP) is 2.55. The maximum Gasteiger partial charge on any atom is 0.0661 e. The van der Waals surface area contributed by atoms with Gasteiger partial charge in [0.1, 0.15) is 0 Å². The molecule has 0 aliphatic heterocycles. The van der Waals surface area contributed by atoms with Gasteiger partial charge in [-0.1, -0.05) is 12.8 Å². The van der Waals surface area contributed by atoms with Crippen molar-refractivity contribution in [3.05, 3.63) is 17.5 Å². The molecule has 4 nitrogen and oxygen atoms in total. The molecule has 106 valence electrons. The van der Waals surface area contributed by atoms with E-state index < -0.39 is 0 Å². The van der Waals surface area contributed by atoms with Crippen LogP contribution in [0.2, 0.25) is 0 Å². The van der Waals surface area contributed by atoms with Gasteiger partial charge in [-0.05, 0) is 33.1 Å². The Kier molecular flexibility index (Phi) is 3.63. The van der Waals surface area contributed by atoms with Gasteiger partial charge in [-0.3, -0.25) is 5.10 Å². The van der Waals surface area contributed by atoms with Crippen LogP contribution >= 0.6 is 0 Å². The average Bonchev–Trinajstić information content (AvgIpc) is 3.03. The number of nitrogens with zero attached hydrogens (tertiary/aromatic N) is 1. The van der Waals surface area contributed by atoms with Crippen molar-refractivity contribution >= 4 is 0 Å². The first kappa shape index (κ1) is 13.1. The molecule has 19 heavy (non-hydrogen) atoms. The number of aryl methyl sites for hydroxylation is 1. The molecule has 1 heterocycles. The number of nitrogens with one attached hydrogen (secondary N) is 2. The van der Waals surface area contributed by atoms with Gasteiger partial charge in [0, 0.05) is 35.9 Å². The molecule has 2 fully saturated rings. The molecule has 2 aliphatic carbocycles. The van der Waals surface area contributed by atoms with E-state index in [0.717, 1.165) is 13.2 Å². The van der Waals surface area contributed by atoms with Crippen molar-refractivity contribution in [2.45, 2.75) is 64.6 Å². The zero-order chi connectivity index (χ0) is 13.3. The van der Waals surface area contributed by atoms with Gasteiger partial charge in [-0.15, -0.1) is 0 Å². The van der Waals surface area contributed by atoms with Crippen LogP contribution in [0.25, 0.3) is 0 Å². The molecule has 0 saturated heterocycles. The number of H-pyrrole nitrogens is 1. The van der Waals surface area contributed by atoms with E-state index in [9.17, 15) is 0 Å². The summed E-state index contributed by atoms with van der Waals surface area (Å²) in [6, 6.07) is 0.626. The molecule has 1 spiro atoms. The molecule has 0 radical (unpaired) electrons. The van der Waals surface area contributed by atoms with E-state index in [1.807, 2.05) is 6.20 Å². The molecule has 3 rings (SSSR count). The fourth-order valence-corrected chi connectivity index (χ4v) is 3.96. The van der Waals surface area contributed by atoms with Crippen LogP contribution in [0.1, 0.15) is 50.3 Å². The van der Waals surface area contributed by atoms with Crippen LogP contribution in [0, 0.1) is 12.3 Å². The Labute approximate surface area is 115 Å². The molecule has 2 saturated carbocycles. The molecule has 2 N–H and O–H groups in total. The molecule has 1 aromatic rings. The highest BCUT2D eigenvalue weighted by atomic mass is 16.5. The lowest BCUT2D eigenvalue weighted by atomic mass is 9.60. The molecule has 4 heteroatoms. The maximum atomic E-state index is 5.95. The molecular formula is C15H25N3O. The van der Waals surface area contributed by atoms with Gasteiger partial charge in [0.2, 0.25) is 0 Å². The third kappa shape index (κ3) is 2.21. The molecule has 1 aromatic heterocycles. The number of hydrogen-bond donors (Lipinski definition) is 2. The summed E-state index contributed by atoms with van der Waals surface area (Å²) in [6.07, 6.45) is 8.99. The number of rotatable bonds is 5. The van der Waals surface area contributed by atoms with Gasteiger partial charge in [0.15, 0.2) is 0 Å². The highest BCUT2D eigenvalue weighted by Gasteiger charge is 2.56. The van der Waals surface area contributed by atoms with Crippen molar-refractivity contribution in [2.75, 3.05) is 6.61 Å². The first-order valence-electron chi connectivity index (χ1n) is 7.60. The minimum Gasteiger partial charge on any atom is -0.378 e. The molecule has 2 aliphatic rings. The van der Waals surface area contributed by atoms with Gasteiger partial charge in [-0.2, -0.15) is 5.10 Å². The van der Waals surface area contributed by atoms with Crippen molar-refractivity contribution in [1.82, 2.24) is 15.5 Å². The fraction of sp³-hybridized carbons (Fsp3) is 0.800. The Bertz CT molecular complexity index is 423. The van der Waals surface area contributed by atoms with Gasteiger partial charge in [0.05, 0.1) is 12.3 Å². The normalized spacial score (nSPS) is 28.7. The standard InChI is InChI=1S/C15H25N3O/c1-3-19-14-8-13(15(14)6-4-5-7-15)16-9-12-10-17-18-11(12)2/h10,13-14,16H,3-9H2,1-2H3,(H,17,18)/t13-,14-/m1/s1. The SMILES string of the molecule is CCO[C@@H]1C[C@@H](NCc2cn[nH]c2C)C12CCCC2. The first-order valence-corrected chi connectivity index (χ1v) is 7.60. The van der Waals surface area contributed by atoms with Crippen LogP contribution in [0.4, 0.5) is 0 Å². The van der Waals surface area contributed by atoms with Crippen molar-refractivity contribution < 1.29 is 4.74 Å². The second-order valence-electron chi connectivity index (χ2n) is 6.07. The smallest absolute Gasteiger partial charge is 0.0661 e. The molecular weight excluding hydrogens is 238 g/mol. The highest BCUT2D eigenvalue weighted by Crippen LogP contribution is 2.54. The largest absolute Gasteiger partial charge is 0.378 e. The Morgan fingerprint density at radius 3 is 2.89 bits per heavy atom. The lowest BCUT2D eigenvalue weighted by molar-refractivity contribution is -0.130. The summed E-state index contributed by atoms with van der Waals surface area (Å²) in [6.45, 7) is 5.96. The molecule has 0 amide bonds. The minimum absolute atomic E-state index is 0.424. The number of aromatic amines is 1. The average molecular weight is 263 g/mol. The van der Waals surface area contributed by atoms with Crippen LogP contribution in [0.3, 0.4) is 0 Å². The summed E-state index contributed by atoms with van der Waals surface area (Å²) >= 11 is 0. The van der Waals surface area contributed by atoms with Crippen molar-refractivity contribution in [3.8, 4) is 0 Å². The highest BCUT2D eigenvalue weighted by molar-refractivity contribution is 5.16. The second-order valence-corrected chi connectivity index (χ2v) is 6.07. The van der Waals surface area contributed by atoms with Crippen LogP contribution in [0.5, 0.6) is 0 Å². The predicted molar refractivity (Wildman–Crippen MR) is 74.9 cm³/mol. The van der Waals surface area contributed by atoms with E-state index in [4.69, 9.17) is 4.74 Å². The van der Waals surface area contributed by atoms with Crippen LogP contribution in [-0.4, -0.2) is 29.0 Å². The zero-order valence-corrected chi connectivity index (χ0v) is 12.0. The Morgan fingerprint density at radius 2 is 2.26 bits per heavy atom. The maximum absolute atomic E-state index is 5.95. The van der Waals surface area contributed by atoms with Crippen molar-refractivity contribution in [2.24, 2.45) is 5.41 Å². The van der Waals surface area contributed by atoms with Gasteiger partial charge in [-0.25, -0.2) is 0 Å². The fourth-order valence-electron chi connectivity index (χ4n) is 3.96. The van der Waals surface area contributed by atoms with Crippen LogP contribution in [0.15, 0.2) is 6.20 Å². The Morgan fingerprint density at radius 1 is 1.47 bits per heavy atom. The monoisotopic (exact) mass is 263 g/mol. The third-order valence-corrected chi connectivity index (χ3v) is 5.16. The lowest BCUT2D eigenvalue weighted by Crippen LogP contribution is -2.62. The Balaban J connectivity index is 1.61. The quantitative estimate of drug-likeness (QED) is 0.858. The first-order chi connectivity index (χ1) is 9.26. The topological polar surface area (TPSA) is 49.9 Å². The number of hydrogen-bond acceptors (Lipinski definition) is 3. The molecule has 0 bridgehead atoms. The summed E-state index contributed by atoms with van der Waals surface area (Å²) < 4.78 is 5.95. The summed E-state index contributed by atoms with van der Waals surface area (Å²) in [7, 11) is 0. The number of ether oxygens (including phenoxy) is 1. The second kappa shape index (κ2) is 5.25. The van der Waals surface area contributed by atoms with Crippen molar-refractivity contribution in [1.29, 1.82) is 0 Å². The minimum atomic E-state index is 0.424. The van der Waals surface area contributed by atoms with E-state index in [1.54, 1.807) is 0 Å². The van der Waals surface area contributed by atoms with E-state index in [-0.39, 0.29) is 0 Å².